The van der Waals surface area contributed by atoms with Crippen LogP contribution in [-0.2, 0) is 6.54 Å². The summed E-state index contributed by atoms with van der Waals surface area (Å²) in [6.07, 6.45) is 7.94. The summed E-state index contributed by atoms with van der Waals surface area (Å²) >= 11 is 0. The number of nitrogens with zero attached hydrogens (tertiary/aromatic N) is 5. The van der Waals surface area contributed by atoms with E-state index in [0.29, 0.717) is 12.4 Å². The first-order chi connectivity index (χ1) is 15.6. The molecule has 32 heavy (non-hydrogen) atoms. The second-order valence-electron chi connectivity index (χ2n) is 7.88. The van der Waals surface area contributed by atoms with Crippen LogP contribution in [0, 0.1) is 0 Å². The van der Waals surface area contributed by atoms with Crippen molar-refractivity contribution in [3.8, 4) is 22.5 Å². The lowest BCUT2D eigenvalue weighted by atomic mass is 9.98. The molecule has 0 spiro atoms. The number of tetrazole rings is 1. The highest BCUT2D eigenvalue weighted by molar-refractivity contribution is 5.80. The zero-order valence-electron chi connectivity index (χ0n) is 18.7. The molecule has 7 heteroatoms. The van der Waals surface area contributed by atoms with E-state index in [0.717, 1.165) is 40.8 Å². The van der Waals surface area contributed by atoms with E-state index in [2.05, 4.69) is 71.7 Å². The van der Waals surface area contributed by atoms with Crippen LogP contribution in [0.1, 0.15) is 50.9 Å². The zero-order valence-corrected chi connectivity index (χ0v) is 18.7. The Labute approximate surface area is 187 Å². The number of benzene rings is 2. The number of aromatic nitrogens is 6. The maximum absolute atomic E-state index is 13.1. The van der Waals surface area contributed by atoms with Crippen LogP contribution in [0.4, 0.5) is 0 Å². The van der Waals surface area contributed by atoms with E-state index in [1.165, 1.54) is 0 Å². The van der Waals surface area contributed by atoms with Crippen LogP contribution in [0.5, 0.6) is 0 Å². The fraction of sp³-hybridized carbons (Fsp3) is 0.280. The second-order valence-corrected chi connectivity index (χ2v) is 7.88. The summed E-state index contributed by atoms with van der Waals surface area (Å²) in [6, 6.07) is 16.5. The smallest absolute Gasteiger partial charge is 0.296 e. The number of H-pyrrole nitrogens is 1. The van der Waals surface area contributed by atoms with Crippen LogP contribution in [-0.4, -0.2) is 29.8 Å². The molecule has 0 aliphatic heterocycles. The van der Waals surface area contributed by atoms with Crippen LogP contribution in [0.3, 0.4) is 0 Å². The standard InChI is InChI=1S/C25H28N6O/c1-4-6-9-21-17-30(18(3)5-2)25(32)31(21)16-19-12-14-20(15-13-19)22-10-7-8-11-23(22)24-26-28-29-27-24/h6-15,17-18H,4-5,16H2,1-3H3,(H,26,27,28,29)/b9-6+. The van der Waals surface area contributed by atoms with E-state index in [1.54, 1.807) is 0 Å². The Morgan fingerprint density at radius 1 is 1.06 bits per heavy atom. The Hall–Kier alpha value is -3.74. The third-order valence-corrected chi connectivity index (χ3v) is 5.74. The number of rotatable bonds is 8. The summed E-state index contributed by atoms with van der Waals surface area (Å²) in [4.78, 5) is 13.1. The van der Waals surface area contributed by atoms with Crippen LogP contribution in [0.15, 0.2) is 65.6 Å². The van der Waals surface area contributed by atoms with Gasteiger partial charge in [0.25, 0.3) is 0 Å². The predicted octanol–water partition coefficient (Wildman–Crippen LogP) is 4.94. The topological polar surface area (TPSA) is 81.4 Å². The molecule has 4 aromatic rings. The van der Waals surface area contributed by atoms with Gasteiger partial charge < -0.3 is 0 Å². The van der Waals surface area contributed by atoms with Gasteiger partial charge in [-0.1, -0.05) is 68.5 Å². The molecule has 1 unspecified atom stereocenters. The van der Waals surface area contributed by atoms with E-state index >= 15 is 0 Å². The van der Waals surface area contributed by atoms with Gasteiger partial charge in [-0.2, -0.15) is 5.21 Å². The van der Waals surface area contributed by atoms with Gasteiger partial charge in [0.05, 0.1) is 12.2 Å². The number of nitrogens with one attached hydrogen (secondary N) is 1. The summed E-state index contributed by atoms with van der Waals surface area (Å²) in [5.41, 5.74) is 5.05. The highest BCUT2D eigenvalue weighted by Crippen LogP contribution is 2.29. The van der Waals surface area contributed by atoms with Crippen LogP contribution in [0.2, 0.25) is 0 Å². The van der Waals surface area contributed by atoms with Crippen molar-refractivity contribution in [3.63, 3.8) is 0 Å². The van der Waals surface area contributed by atoms with E-state index in [-0.39, 0.29) is 11.7 Å². The van der Waals surface area contributed by atoms with Gasteiger partial charge in [0.2, 0.25) is 5.82 Å². The Bertz CT molecular complexity index is 1250. The highest BCUT2D eigenvalue weighted by Gasteiger charge is 2.14. The molecule has 0 saturated carbocycles. The number of imidazole rings is 1. The van der Waals surface area contributed by atoms with Gasteiger partial charge in [0.1, 0.15) is 0 Å². The minimum atomic E-state index is 0.0293. The Morgan fingerprint density at radius 3 is 2.47 bits per heavy atom. The van der Waals surface area contributed by atoms with Crippen molar-refractivity contribution >= 4 is 6.08 Å². The van der Waals surface area contributed by atoms with Crippen molar-refractivity contribution in [3.05, 3.63) is 82.5 Å². The monoisotopic (exact) mass is 428 g/mol. The Balaban J connectivity index is 1.65. The van der Waals surface area contributed by atoms with Crippen LogP contribution in [0.25, 0.3) is 28.6 Å². The quantitative estimate of drug-likeness (QED) is 0.431. The molecule has 1 N–H and O–H groups in total. The van der Waals surface area contributed by atoms with E-state index in [1.807, 2.05) is 45.7 Å². The molecule has 0 aliphatic carbocycles. The van der Waals surface area contributed by atoms with Crippen LogP contribution >= 0.6 is 0 Å². The third kappa shape index (κ3) is 4.32. The van der Waals surface area contributed by atoms with E-state index in [9.17, 15) is 4.79 Å². The summed E-state index contributed by atoms with van der Waals surface area (Å²) < 4.78 is 3.69. The molecule has 0 fully saturated rings. The van der Waals surface area contributed by atoms with Gasteiger partial charge in [-0.25, -0.2) is 4.79 Å². The van der Waals surface area contributed by atoms with Gasteiger partial charge >= 0.3 is 5.69 Å². The third-order valence-electron chi connectivity index (χ3n) is 5.74. The highest BCUT2D eigenvalue weighted by atomic mass is 16.1. The van der Waals surface area contributed by atoms with Crippen molar-refractivity contribution in [1.29, 1.82) is 0 Å². The average Bonchev–Trinajstić information content (AvgIpc) is 3.47. The fourth-order valence-corrected chi connectivity index (χ4v) is 3.74. The number of hydrogen-bond acceptors (Lipinski definition) is 4. The molecule has 2 aromatic carbocycles. The summed E-state index contributed by atoms with van der Waals surface area (Å²) in [5, 5.41) is 14.4. The van der Waals surface area contributed by atoms with Gasteiger partial charge in [-0.15, -0.1) is 10.2 Å². The zero-order chi connectivity index (χ0) is 22.5. The van der Waals surface area contributed by atoms with Gasteiger partial charge in [0, 0.05) is 17.8 Å². The first kappa shape index (κ1) is 21.5. The van der Waals surface area contributed by atoms with Gasteiger partial charge in [-0.05, 0) is 47.7 Å². The van der Waals surface area contributed by atoms with Crippen LogP contribution < -0.4 is 5.69 Å². The lowest BCUT2D eigenvalue weighted by Gasteiger charge is -2.10. The second kappa shape index (κ2) is 9.60. The molecule has 2 heterocycles. The molecule has 0 amide bonds. The lowest BCUT2D eigenvalue weighted by molar-refractivity contribution is 0.504. The van der Waals surface area contributed by atoms with Gasteiger partial charge in [0.15, 0.2) is 0 Å². The molecule has 164 valence electrons. The molecule has 0 radical (unpaired) electrons. The van der Waals surface area contributed by atoms with Gasteiger partial charge in [-0.3, -0.25) is 9.13 Å². The first-order valence-corrected chi connectivity index (χ1v) is 11.0. The van der Waals surface area contributed by atoms with Crippen molar-refractivity contribution in [2.45, 2.75) is 46.2 Å². The van der Waals surface area contributed by atoms with E-state index < -0.39 is 0 Å². The minimum absolute atomic E-state index is 0.0293. The summed E-state index contributed by atoms with van der Waals surface area (Å²) in [7, 11) is 0. The number of allylic oxidation sites excluding steroid dienone is 1. The largest absolute Gasteiger partial charge is 0.329 e. The maximum atomic E-state index is 13.1. The van der Waals surface area contributed by atoms with Crippen molar-refractivity contribution in [2.75, 3.05) is 0 Å². The SMILES string of the molecule is CC/C=C/c1cn(C(C)CC)c(=O)n1Cc1ccc(-c2ccccc2-c2nn[nH]n2)cc1. The fourth-order valence-electron chi connectivity index (χ4n) is 3.74. The summed E-state index contributed by atoms with van der Waals surface area (Å²) in [6.45, 7) is 6.80. The molecule has 0 aliphatic rings. The molecular formula is C25H28N6O. The Morgan fingerprint density at radius 2 is 1.81 bits per heavy atom. The normalized spacial score (nSPS) is 12.5. The molecule has 7 nitrogen and oxygen atoms in total. The van der Waals surface area contributed by atoms with Crippen molar-refractivity contribution in [2.24, 2.45) is 0 Å². The Kier molecular flexibility index (Phi) is 6.44. The number of hydrogen-bond donors (Lipinski definition) is 1. The maximum Gasteiger partial charge on any atom is 0.329 e. The molecule has 1 atom stereocenters. The average molecular weight is 429 g/mol. The molecule has 0 bridgehead atoms. The molecule has 2 aromatic heterocycles. The first-order valence-electron chi connectivity index (χ1n) is 11.0. The molecule has 4 rings (SSSR count). The van der Waals surface area contributed by atoms with Crippen molar-refractivity contribution < 1.29 is 0 Å². The number of aromatic amines is 1. The minimum Gasteiger partial charge on any atom is -0.296 e. The molecule has 0 saturated heterocycles. The predicted molar refractivity (Wildman–Crippen MR) is 127 cm³/mol. The molecular weight excluding hydrogens is 400 g/mol. The lowest BCUT2D eigenvalue weighted by Crippen LogP contribution is -2.26. The van der Waals surface area contributed by atoms with E-state index in [4.69, 9.17) is 0 Å². The summed E-state index contributed by atoms with van der Waals surface area (Å²) in [5.74, 6) is 0.565. The van der Waals surface area contributed by atoms with Crippen molar-refractivity contribution in [1.82, 2.24) is 29.8 Å².